The second-order valence-electron chi connectivity index (χ2n) is 8.03. The van der Waals surface area contributed by atoms with Gasteiger partial charge < -0.3 is 0 Å². The van der Waals surface area contributed by atoms with Gasteiger partial charge in [-0.3, -0.25) is 0 Å². The van der Waals surface area contributed by atoms with Crippen LogP contribution in [0, 0.1) is 17.8 Å². The van der Waals surface area contributed by atoms with Gasteiger partial charge in [-0.2, -0.15) is 17.4 Å². The fraction of sp³-hybridized carbons (Fsp3) is 0.667. The average molecular weight is 332 g/mol. The molecule has 1 aliphatic heterocycles. The molecule has 3 atom stereocenters. The third kappa shape index (κ3) is 2.20. The number of hydrogen-bond acceptors (Lipinski definition) is 2. The molecule has 3 aliphatic carbocycles. The van der Waals surface area contributed by atoms with Crippen molar-refractivity contribution in [2.75, 3.05) is 13.1 Å². The van der Waals surface area contributed by atoms with Gasteiger partial charge >= 0.3 is 0 Å². The molecular formula is C18H24N2O2S. The summed E-state index contributed by atoms with van der Waals surface area (Å²) in [5, 5.41) is 0. The molecule has 1 aromatic carbocycles. The molecule has 1 aromatic rings. The van der Waals surface area contributed by atoms with Crippen LogP contribution in [-0.2, 0) is 23.1 Å². The maximum Gasteiger partial charge on any atom is 0.280 e. The van der Waals surface area contributed by atoms with Crippen LogP contribution in [0.1, 0.15) is 36.8 Å². The zero-order valence-corrected chi connectivity index (χ0v) is 14.2. The van der Waals surface area contributed by atoms with Gasteiger partial charge in [0, 0.05) is 13.1 Å². The summed E-state index contributed by atoms with van der Waals surface area (Å²) in [4.78, 5) is 0. The lowest BCUT2D eigenvalue weighted by molar-refractivity contribution is 0.211. The minimum absolute atomic E-state index is 0.229. The topological polar surface area (TPSA) is 49.4 Å². The SMILES string of the molecule is O=S1(=O)NC2(CN1CC1CC1)[C@@H]1CC[C@H]2Cc2ccccc2C1. The van der Waals surface area contributed by atoms with Crippen LogP contribution in [0.25, 0.3) is 0 Å². The van der Waals surface area contributed by atoms with E-state index in [0.29, 0.717) is 24.3 Å². The van der Waals surface area contributed by atoms with Crippen molar-refractivity contribution in [3.05, 3.63) is 35.4 Å². The first-order valence-corrected chi connectivity index (χ1v) is 10.4. The highest BCUT2D eigenvalue weighted by Gasteiger charge is 2.59. The fourth-order valence-corrected chi connectivity index (χ4v) is 6.99. The van der Waals surface area contributed by atoms with E-state index in [1.165, 1.54) is 24.0 Å². The molecule has 3 fully saturated rings. The summed E-state index contributed by atoms with van der Waals surface area (Å²) in [6, 6.07) is 8.69. The van der Waals surface area contributed by atoms with Gasteiger partial charge in [0.1, 0.15) is 0 Å². The minimum Gasteiger partial charge on any atom is -0.195 e. The summed E-state index contributed by atoms with van der Waals surface area (Å²) in [6.07, 6.45) is 6.73. The van der Waals surface area contributed by atoms with Gasteiger partial charge in [0.05, 0.1) is 5.54 Å². The van der Waals surface area contributed by atoms with Crippen LogP contribution in [0.3, 0.4) is 0 Å². The molecule has 4 aliphatic rings. The Hall–Kier alpha value is -0.910. The lowest BCUT2D eigenvalue weighted by Gasteiger charge is -2.33. The molecule has 0 amide bonds. The first-order chi connectivity index (χ1) is 11.1. The van der Waals surface area contributed by atoms with E-state index >= 15 is 0 Å². The zero-order valence-electron chi connectivity index (χ0n) is 13.4. The molecular weight excluding hydrogens is 308 g/mol. The maximum atomic E-state index is 12.7. The highest BCUT2D eigenvalue weighted by Crippen LogP contribution is 2.50. The molecule has 1 N–H and O–H groups in total. The third-order valence-corrected chi connectivity index (χ3v) is 8.22. The summed E-state index contributed by atoms with van der Waals surface area (Å²) in [5.41, 5.74) is 2.63. The molecule has 5 heteroatoms. The Labute approximate surface area is 138 Å². The van der Waals surface area contributed by atoms with E-state index in [2.05, 4.69) is 29.0 Å². The van der Waals surface area contributed by atoms with Crippen LogP contribution in [0.4, 0.5) is 0 Å². The van der Waals surface area contributed by atoms with Crippen molar-refractivity contribution < 1.29 is 8.42 Å². The van der Waals surface area contributed by atoms with Crippen LogP contribution in [0.5, 0.6) is 0 Å². The minimum atomic E-state index is -3.30. The normalized spacial score (nSPS) is 38.6. The van der Waals surface area contributed by atoms with Gasteiger partial charge in [0.25, 0.3) is 10.2 Å². The van der Waals surface area contributed by atoms with Crippen LogP contribution in [0.15, 0.2) is 24.3 Å². The molecule has 1 spiro atoms. The smallest absolute Gasteiger partial charge is 0.195 e. The zero-order chi connectivity index (χ0) is 15.7. The van der Waals surface area contributed by atoms with Crippen molar-refractivity contribution in [3.63, 3.8) is 0 Å². The summed E-state index contributed by atoms with van der Waals surface area (Å²) in [7, 11) is -3.30. The summed E-state index contributed by atoms with van der Waals surface area (Å²) in [6.45, 7) is 1.42. The number of nitrogens with zero attached hydrogens (tertiary/aromatic N) is 1. The molecule has 1 saturated heterocycles. The van der Waals surface area contributed by atoms with E-state index in [4.69, 9.17) is 0 Å². The molecule has 2 saturated carbocycles. The van der Waals surface area contributed by atoms with Crippen molar-refractivity contribution >= 4 is 10.2 Å². The maximum absolute atomic E-state index is 12.7. The molecule has 1 unspecified atom stereocenters. The Morgan fingerprint density at radius 2 is 1.65 bits per heavy atom. The van der Waals surface area contributed by atoms with E-state index in [1.54, 1.807) is 4.31 Å². The predicted octanol–water partition coefficient (Wildman–Crippen LogP) is 2.11. The average Bonchev–Trinajstić information content (AvgIpc) is 3.20. The highest BCUT2D eigenvalue weighted by atomic mass is 32.2. The lowest BCUT2D eigenvalue weighted by Crippen LogP contribution is -2.52. The van der Waals surface area contributed by atoms with E-state index in [9.17, 15) is 8.42 Å². The van der Waals surface area contributed by atoms with Crippen LogP contribution >= 0.6 is 0 Å². The molecule has 0 aromatic heterocycles. The molecule has 1 heterocycles. The molecule has 124 valence electrons. The highest BCUT2D eigenvalue weighted by molar-refractivity contribution is 7.87. The van der Waals surface area contributed by atoms with E-state index in [0.717, 1.165) is 32.2 Å². The Bertz CT molecular complexity index is 708. The fourth-order valence-electron chi connectivity index (χ4n) is 5.20. The van der Waals surface area contributed by atoms with Gasteiger partial charge in [-0.1, -0.05) is 24.3 Å². The Morgan fingerprint density at radius 1 is 1.04 bits per heavy atom. The van der Waals surface area contributed by atoms with E-state index in [1.807, 2.05) is 0 Å². The largest absolute Gasteiger partial charge is 0.280 e. The van der Waals surface area contributed by atoms with Gasteiger partial charge in [0.2, 0.25) is 0 Å². The number of hydrogen-bond donors (Lipinski definition) is 1. The molecule has 0 radical (unpaired) electrons. The van der Waals surface area contributed by atoms with Crippen molar-refractivity contribution in [1.82, 2.24) is 9.03 Å². The third-order valence-electron chi connectivity index (χ3n) is 6.63. The van der Waals surface area contributed by atoms with Gasteiger partial charge in [-0.15, -0.1) is 0 Å². The molecule has 4 nitrogen and oxygen atoms in total. The Balaban J connectivity index is 1.51. The molecule has 2 bridgehead atoms. The standard InChI is InChI=1S/C18H24N2O2S/c21-23(22)19-18(12-20(23)11-13-5-6-13)16-7-8-17(18)10-15-4-2-1-3-14(15)9-16/h1-4,13,16-17,19H,5-12H2/t16-,17+,18?. The van der Waals surface area contributed by atoms with Gasteiger partial charge in [-0.25, -0.2) is 0 Å². The summed E-state index contributed by atoms with van der Waals surface area (Å²) in [5.74, 6) is 1.48. The predicted molar refractivity (Wildman–Crippen MR) is 89.1 cm³/mol. The van der Waals surface area contributed by atoms with Crippen LogP contribution in [0.2, 0.25) is 0 Å². The van der Waals surface area contributed by atoms with Crippen molar-refractivity contribution in [3.8, 4) is 0 Å². The Kier molecular flexibility index (Phi) is 3.02. The molecule has 5 rings (SSSR count). The lowest BCUT2D eigenvalue weighted by atomic mass is 9.79. The first kappa shape index (κ1) is 14.4. The second-order valence-corrected chi connectivity index (χ2v) is 9.70. The number of rotatable bonds is 2. The van der Waals surface area contributed by atoms with E-state index < -0.39 is 10.2 Å². The summed E-state index contributed by atoms with van der Waals surface area (Å²) < 4.78 is 30.4. The first-order valence-electron chi connectivity index (χ1n) is 8.93. The van der Waals surface area contributed by atoms with Gasteiger partial charge in [0.15, 0.2) is 0 Å². The number of nitrogens with one attached hydrogen (secondary N) is 1. The number of benzene rings is 1. The summed E-state index contributed by atoms with van der Waals surface area (Å²) >= 11 is 0. The Morgan fingerprint density at radius 3 is 2.22 bits per heavy atom. The molecule has 23 heavy (non-hydrogen) atoms. The second kappa shape index (κ2) is 4.80. The van der Waals surface area contributed by atoms with E-state index in [-0.39, 0.29) is 5.54 Å². The van der Waals surface area contributed by atoms with Gasteiger partial charge in [-0.05, 0) is 67.4 Å². The number of fused-ring (bicyclic) bond motifs is 1. The quantitative estimate of drug-likeness (QED) is 0.902. The van der Waals surface area contributed by atoms with Crippen LogP contribution in [-0.4, -0.2) is 31.4 Å². The van der Waals surface area contributed by atoms with Crippen molar-refractivity contribution in [2.24, 2.45) is 17.8 Å². The van der Waals surface area contributed by atoms with Crippen molar-refractivity contribution in [1.29, 1.82) is 0 Å². The monoisotopic (exact) mass is 332 g/mol. The van der Waals surface area contributed by atoms with Crippen molar-refractivity contribution in [2.45, 2.75) is 44.1 Å². The van der Waals surface area contributed by atoms with Crippen LogP contribution < -0.4 is 4.72 Å².